The molecule has 0 rings (SSSR count). The zero-order valence-corrected chi connectivity index (χ0v) is 5.30. The maximum Gasteiger partial charge on any atom is 0.561 e. The molecule has 5 nitrogen and oxygen atoms in total. The Morgan fingerprint density at radius 1 is 1.78 bits per heavy atom. The first kappa shape index (κ1) is 8.55. The predicted molar refractivity (Wildman–Crippen MR) is 23.8 cm³/mol. The summed E-state index contributed by atoms with van der Waals surface area (Å²) in [5.74, 6) is -1.08. The van der Waals surface area contributed by atoms with E-state index in [9.17, 15) is 13.9 Å². The highest BCUT2D eigenvalue weighted by Gasteiger charge is 2.24. The van der Waals surface area contributed by atoms with Crippen molar-refractivity contribution in [1.82, 2.24) is 0 Å². The second kappa shape index (κ2) is 2.91. The van der Waals surface area contributed by atoms with Gasteiger partial charge in [-0.1, -0.05) is 4.73 Å². The highest BCUT2D eigenvalue weighted by Crippen LogP contribution is 2.43. The summed E-state index contributed by atoms with van der Waals surface area (Å²) in [4.78, 5) is 17.8. The van der Waals surface area contributed by atoms with Gasteiger partial charge in [0, 0.05) is 6.92 Å². The van der Waals surface area contributed by atoms with E-state index in [-0.39, 0.29) is 0 Å². The second-order valence-corrected chi connectivity index (χ2v) is 2.38. The third-order valence-electron chi connectivity index (χ3n) is 0.331. The van der Waals surface area contributed by atoms with Crippen LogP contribution in [0, 0.1) is 0 Å². The Hall–Kier alpha value is -0.450. The van der Waals surface area contributed by atoms with Crippen molar-refractivity contribution in [3.63, 3.8) is 0 Å². The third kappa shape index (κ3) is 4.08. The molecule has 7 heteroatoms. The van der Waals surface area contributed by atoms with Crippen molar-refractivity contribution in [3.05, 3.63) is 0 Å². The minimum absolute atomic E-state index is 0.849. The molecule has 0 bridgehead atoms. The van der Waals surface area contributed by atoms with E-state index < -0.39 is 13.8 Å². The van der Waals surface area contributed by atoms with Crippen LogP contribution >= 0.6 is 7.82 Å². The van der Waals surface area contributed by atoms with Gasteiger partial charge in [0.1, 0.15) is 0 Å². The number of carbonyl (C=O) groups excluding carboxylic acids is 1. The van der Waals surface area contributed by atoms with Crippen LogP contribution in [-0.4, -0.2) is 10.9 Å². The number of phosphoric acid groups is 1. The molecule has 9 heavy (non-hydrogen) atoms. The Labute approximate surface area is 49.9 Å². The normalized spacial score (nSPS) is 16.3. The monoisotopic (exact) mass is 158 g/mol. The standard InChI is InChI=1S/C2H4FO5P/c1-2(4)7-9(5,6)8-3/h1H3,(H,5,6). The molecule has 0 aromatic rings. The van der Waals surface area contributed by atoms with Gasteiger partial charge in [-0.25, -0.2) is 4.57 Å². The van der Waals surface area contributed by atoms with Gasteiger partial charge in [0.05, 0.1) is 0 Å². The van der Waals surface area contributed by atoms with Crippen molar-refractivity contribution < 1.29 is 28.0 Å². The molecule has 0 aliphatic heterocycles. The summed E-state index contributed by atoms with van der Waals surface area (Å²) in [6.45, 7) is 0.849. The zero-order chi connectivity index (χ0) is 7.49. The highest BCUT2D eigenvalue weighted by molar-refractivity contribution is 7.47. The van der Waals surface area contributed by atoms with Crippen LogP contribution in [0.1, 0.15) is 6.92 Å². The summed E-state index contributed by atoms with van der Waals surface area (Å²) in [5, 5.41) is 0. The first-order valence-electron chi connectivity index (χ1n) is 1.81. The lowest BCUT2D eigenvalue weighted by Gasteiger charge is -2.01. The molecule has 0 saturated heterocycles. The van der Waals surface area contributed by atoms with Crippen LogP contribution in [-0.2, 0) is 18.6 Å². The minimum Gasteiger partial charge on any atom is -0.369 e. The van der Waals surface area contributed by atoms with Crippen LogP contribution in [0.4, 0.5) is 4.53 Å². The van der Waals surface area contributed by atoms with Crippen LogP contribution in [0.3, 0.4) is 0 Å². The molecular weight excluding hydrogens is 154 g/mol. The molecule has 0 saturated carbocycles. The molecule has 1 atom stereocenters. The number of halogens is 1. The van der Waals surface area contributed by atoms with Crippen molar-refractivity contribution in [2.45, 2.75) is 6.92 Å². The van der Waals surface area contributed by atoms with Gasteiger partial charge in [-0.05, 0) is 4.53 Å². The maximum atomic E-state index is 10.8. The van der Waals surface area contributed by atoms with E-state index in [2.05, 4.69) is 9.25 Å². The average Bonchev–Trinajstić information content (AvgIpc) is 1.63. The van der Waals surface area contributed by atoms with Gasteiger partial charge < -0.3 is 4.52 Å². The Balaban J connectivity index is 3.88. The van der Waals surface area contributed by atoms with Gasteiger partial charge >= 0.3 is 13.8 Å². The molecule has 0 amide bonds. The van der Waals surface area contributed by atoms with E-state index in [0.29, 0.717) is 0 Å². The predicted octanol–water partition coefficient (Wildman–Crippen LogP) is 0.551. The fourth-order valence-electron chi connectivity index (χ4n) is 0.177. The van der Waals surface area contributed by atoms with E-state index in [0.717, 1.165) is 6.92 Å². The number of hydrogen-bond donors (Lipinski definition) is 1. The molecule has 0 aromatic carbocycles. The zero-order valence-electron chi connectivity index (χ0n) is 4.41. The lowest BCUT2D eigenvalue weighted by atomic mass is 10.9. The maximum absolute atomic E-state index is 10.8. The van der Waals surface area contributed by atoms with Crippen molar-refractivity contribution in [2.75, 3.05) is 0 Å². The number of phosphoric ester groups is 1. The largest absolute Gasteiger partial charge is 0.561 e. The number of rotatable bonds is 2. The van der Waals surface area contributed by atoms with Gasteiger partial charge in [0.15, 0.2) is 0 Å². The minimum atomic E-state index is -4.75. The van der Waals surface area contributed by atoms with E-state index >= 15 is 0 Å². The van der Waals surface area contributed by atoms with Crippen LogP contribution in [0.5, 0.6) is 0 Å². The molecule has 0 aromatic heterocycles. The van der Waals surface area contributed by atoms with Crippen molar-refractivity contribution in [3.8, 4) is 0 Å². The molecule has 0 aliphatic rings. The summed E-state index contributed by atoms with van der Waals surface area (Å²) in [6, 6.07) is 0. The topological polar surface area (TPSA) is 72.8 Å². The SMILES string of the molecule is CC(=O)OP(=O)(O)OF. The molecule has 54 valence electrons. The van der Waals surface area contributed by atoms with Crippen molar-refractivity contribution in [1.29, 1.82) is 0 Å². The van der Waals surface area contributed by atoms with E-state index in [1.807, 2.05) is 0 Å². The molecule has 0 aliphatic carbocycles. The highest BCUT2D eigenvalue weighted by atomic mass is 31.2. The van der Waals surface area contributed by atoms with Crippen molar-refractivity contribution >= 4 is 13.8 Å². The smallest absolute Gasteiger partial charge is 0.369 e. The molecular formula is C2H4FO5P. The third-order valence-corrected chi connectivity index (χ3v) is 0.993. The first-order valence-corrected chi connectivity index (χ1v) is 3.31. The van der Waals surface area contributed by atoms with Gasteiger partial charge in [-0.3, -0.25) is 9.69 Å². The van der Waals surface area contributed by atoms with Crippen LogP contribution in [0.2, 0.25) is 0 Å². The first-order chi connectivity index (χ1) is 3.98. The Bertz CT molecular complexity index is 155. The summed E-state index contributed by atoms with van der Waals surface area (Å²) < 4.78 is 26.6. The van der Waals surface area contributed by atoms with Crippen LogP contribution in [0.25, 0.3) is 0 Å². The van der Waals surface area contributed by atoms with Gasteiger partial charge in [0.2, 0.25) is 0 Å². The summed E-state index contributed by atoms with van der Waals surface area (Å²) in [7, 11) is -4.75. The van der Waals surface area contributed by atoms with Crippen LogP contribution < -0.4 is 0 Å². The Kier molecular flexibility index (Phi) is 2.76. The van der Waals surface area contributed by atoms with E-state index in [1.165, 1.54) is 0 Å². The van der Waals surface area contributed by atoms with Gasteiger partial charge in [-0.15, -0.1) is 0 Å². The molecule has 0 fully saturated rings. The summed E-state index contributed by atoms with van der Waals surface area (Å²) >= 11 is 0. The molecule has 1 unspecified atom stereocenters. The van der Waals surface area contributed by atoms with E-state index in [1.54, 1.807) is 0 Å². The molecule has 1 N–H and O–H groups in total. The molecule has 0 heterocycles. The Morgan fingerprint density at radius 3 is 2.33 bits per heavy atom. The molecule has 0 radical (unpaired) electrons. The fraction of sp³-hybridized carbons (Fsp3) is 0.500. The average molecular weight is 158 g/mol. The number of carbonyl (C=O) groups is 1. The quantitative estimate of drug-likeness (QED) is 0.594. The Morgan fingerprint density at radius 2 is 2.22 bits per heavy atom. The molecule has 0 spiro atoms. The second-order valence-electron chi connectivity index (χ2n) is 1.12. The van der Waals surface area contributed by atoms with Gasteiger partial charge in [0.25, 0.3) is 0 Å². The number of hydrogen-bond acceptors (Lipinski definition) is 4. The lowest BCUT2D eigenvalue weighted by molar-refractivity contribution is -0.136. The fourth-order valence-corrected chi connectivity index (χ4v) is 0.530. The summed E-state index contributed by atoms with van der Waals surface area (Å²) in [6.07, 6.45) is 0. The van der Waals surface area contributed by atoms with Crippen molar-refractivity contribution in [2.24, 2.45) is 0 Å². The van der Waals surface area contributed by atoms with Crippen LogP contribution in [0.15, 0.2) is 0 Å². The van der Waals surface area contributed by atoms with E-state index in [4.69, 9.17) is 4.89 Å². The van der Waals surface area contributed by atoms with Gasteiger partial charge in [-0.2, -0.15) is 0 Å². The summed E-state index contributed by atoms with van der Waals surface area (Å²) in [5.41, 5.74) is 0. The lowest BCUT2D eigenvalue weighted by Crippen LogP contribution is -1.95.